The Morgan fingerprint density at radius 1 is 0.376 bits per heavy atom. The van der Waals surface area contributed by atoms with E-state index in [1.807, 2.05) is 177 Å². The van der Waals surface area contributed by atoms with Crippen LogP contribution in [-0.2, 0) is 22.4 Å². The van der Waals surface area contributed by atoms with Crippen LogP contribution in [0, 0.1) is 62.3 Å². The summed E-state index contributed by atoms with van der Waals surface area (Å²) in [6, 6.07) is 59.4. The molecule has 0 amide bonds. The molecule has 0 atom stereocenters. The SMILES string of the molecule is C.COc1ccc(Cn2nc(-c3nc4ccccc4[nH]3)c3cc(-c4cncc(C)c4C)ccc32)cc1.COc1ccc(Cn2nc(-c3nc4ccccc4[nH]3)c3cc(B4OC(C)(C)C(C)(C)O4)ccc32)cc1.Cc1c(Br)cncc1Br.Cc1cncc(-c2ccc3[nH]nc(-c4nc5ccccc5[nH]4)c3c2)c1C.Cc1cncc(Br)c1C.Cc1cncc(Br)c1C. The molecule has 0 unspecified atom stereocenters. The molecule has 1 aliphatic heterocycles. The zero-order valence-corrected chi connectivity index (χ0v) is 77.8. The predicted octanol–water partition coefficient (Wildman–Crippen LogP) is 24.5. The molecule has 1 aliphatic rings. The number of pyridine rings is 5. The number of methoxy groups -OCH3 is 2. The summed E-state index contributed by atoms with van der Waals surface area (Å²) in [6.45, 7) is 28.3. The van der Waals surface area contributed by atoms with Gasteiger partial charge in [0, 0.05) is 107 Å². The van der Waals surface area contributed by atoms with E-state index in [1.165, 1.54) is 50.1 Å². The molecule has 4 N–H and O–H groups in total. The van der Waals surface area contributed by atoms with E-state index in [0.717, 1.165) is 169 Å². The van der Waals surface area contributed by atoms with E-state index in [9.17, 15) is 0 Å². The van der Waals surface area contributed by atoms with Crippen LogP contribution in [-0.4, -0.2) is 117 Å². The molecule has 12 heterocycles. The summed E-state index contributed by atoms with van der Waals surface area (Å²) < 4.78 is 31.6. The molecule has 21 nitrogen and oxygen atoms in total. The van der Waals surface area contributed by atoms with Crippen molar-refractivity contribution in [1.29, 1.82) is 0 Å². The summed E-state index contributed by atoms with van der Waals surface area (Å²) >= 11 is 13.5. The third kappa shape index (κ3) is 19.7. The van der Waals surface area contributed by atoms with Gasteiger partial charge in [0.2, 0.25) is 0 Å². The highest BCUT2D eigenvalue weighted by atomic mass is 79.9. The van der Waals surface area contributed by atoms with Gasteiger partial charge < -0.3 is 33.7 Å². The van der Waals surface area contributed by atoms with Crippen molar-refractivity contribution in [1.82, 2.24) is 84.6 Å². The molecule has 1 fully saturated rings. The second kappa shape index (κ2) is 38.5. The molecular weight excluding hydrogens is 1820 g/mol. The Labute approximate surface area is 760 Å². The van der Waals surface area contributed by atoms with Gasteiger partial charge in [-0.2, -0.15) is 15.3 Å². The molecular formula is C99H96BBr4N17O4. The van der Waals surface area contributed by atoms with Gasteiger partial charge >= 0.3 is 7.12 Å². The molecule has 632 valence electrons. The molecule has 0 bridgehead atoms. The number of nitrogens with zero attached hydrogens (tertiary/aromatic N) is 13. The Morgan fingerprint density at radius 2 is 0.736 bits per heavy atom. The van der Waals surface area contributed by atoms with Gasteiger partial charge in [-0.15, -0.1) is 0 Å². The number of halogens is 4. The average molecular weight is 1920 g/mol. The Kier molecular flexibility index (Phi) is 27.5. The number of aromatic amines is 4. The molecule has 20 rings (SSSR count). The van der Waals surface area contributed by atoms with Gasteiger partial charge in [0.1, 0.15) is 28.6 Å². The molecule has 1 saturated heterocycles. The lowest BCUT2D eigenvalue weighted by molar-refractivity contribution is 0.00578. The molecule has 8 aromatic carbocycles. The minimum atomic E-state index is -0.451. The molecule has 0 saturated carbocycles. The van der Waals surface area contributed by atoms with Crippen LogP contribution in [0.4, 0.5) is 0 Å². The number of aryl methyl sites for hydroxylation is 4. The second-order valence-electron chi connectivity index (χ2n) is 31.6. The maximum absolute atomic E-state index is 6.33. The number of aromatic nitrogens is 17. The molecule has 0 radical (unpaired) electrons. The number of fused-ring (bicyclic) bond motifs is 6. The number of benzene rings is 8. The van der Waals surface area contributed by atoms with E-state index in [2.05, 4.69) is 267 Å². The highest BCUT2D eigenvalue weighted by molar-refractivity contribution is 9.11. The largest absolute Gasteiger partial charge is 0.497 e. The van der Waals surface area contributed by atoms with Gasteiger partial charge in [-0.25, -0.2) is 15.0 Å². The summed E-state index contributed by atoms with van der Waals surface area (Å²) in [6.07, 6.45) is 18.6. The van der Waals surface area contributed by atoms with Crippen molar-refractivity contribution in [2.24, 2.45) is 0 Å². The average Bonchev–Trinajstić information content (AvgIpc) is 1.62. The summed E-state index contributed by atoms with van der Waals surface area (Å²) in [7, 11) is 2.90. The molecule has 11 aromatic heterocycles. The number of imidazole rings is 3. The van der Waals surface area contributed by atoms with Crippen LogP contribution < -0.4 is 14.9 Å². The third-order valence-electron chi connectivity index (χ3n) is 22.9. The quantitative estimate of drug-likeness (QED) is 0.0830. The Balaban J connectivity index is 0.000000133. The van der Waals surface area contributed by atoms with Crippen LogP contribution in [0.5, 0.6) is 11.5 Å². The number of ether oxygens (including phenoxy) is 2. The zero-order chi connectivity index (χ0) is 87.3. The van der Waals surface area contributed by atoms with Gasteiger partial charge in [-0.3, -0.25) is 39.4 Å². The lowest BCUT2D eigenvalue weighted by Gasteiger charge is -2.32. The van der Waals surface area contributed by atoms with E-state index >= 15 is 0 Å². The Hall–Kier alpha value is -12.2. The van der Waals surface area contributed by atoms with E-state index in [0.29, 0.717) is 13.1 Å². The first-order valence-electron chi connectivity index (χ1n) is 40.4. The van der Waals surface area contributed by atoms with E-state index in [4.69, 9.17) is 38.9 Å². The number of hydrogen-bond acceptors (Lipinski definition) is 15. The number of nitrogens with one attached hydrogen (secondary N) is 4. The van der Waals surface area contributed by atoms with E-state index < -0.39 is 18.3 Å². The van der Waals surface area contributed by atoms with Gasteiger partial charge in [0.05, 0.1) is 88.2 Å². The van der Waals surface area contributed by atoms with Crippen LogP contribution in [0.1, 0.15) is 96.3 Å². The monoisotopic (exact) mass is 1910 g/mol. The second-order valence-corrected chi connectivity index (χ2v) is 35.0. The number of hydrogen-bond donors (Lipinski definition) is 4. The lowest BCUT2D eigenvalue weighted by Crippen LogP contribution is -2.41. The Bertz CT molecular complexity index is 6780. The number of rotatable bonds is 12. The predicted molar refractivity (Wildman–Crippen MR) is 520 cm³/mol. The number of para-hydroxylation sites is 6. The zero-order valence-electron chi connectivity index (χ0n) is 71.5. The summed E-state index contributed by atoms with van der Waals surface area (Å²) in [5, 5.41) is 20.8. The van der Waals surface area contributed by atoms with Crippen LogP contribution in [0.3, 0.4) is 0 Å². The smallest absolute Gasteiger partial charge is 0.494 e. The van der Waals surface area contributed by atoms with Crippen LogP contribution in [0.25, 0.3) is 123 Å². The normalized spacial score (nSPS) is 12.5. The number of H-pyrrole nitrogens is 4. The summed E-state index contributed by atoms with van der Waals surface area (Å²) in [5.41, 5.74) is 29.2. The fourth-order valence-electron chi connectivity index (χ4n) is 14.1. The lowest BCUT2D eigenvalue weighted by atomic mass is 9.78. The molecule has 0 spiro atoms. The van der Waals surface area contributed by atoms with Crippen molar-refractivity contribution >= 4 is 142 Å². The first kappa shape index (κ1) is 89.1. The van der Waals surface area contributed by atoms with Gasteiger partial charge in [0.25, 0.3) is 0 Å². The standard InChI is InChI=1S/C29H25N5O.C28H29BN4O3.C21H17N5.2C7H8BrN.C6H5Br2N.CH4/c1-18-15-30-16-24(19(18)2)21-10-13-27-23(14-21)28(29-31-25-6-4-5-7-26(25)32-29)33-34(27)17-20-8-11-22(35-3)12-9-20;1-27(2)28(3,4)36-29(35-27)19-12-15-24-21(16-19)25(26-30-22-8-6-7-9-23(22)31-26)32-33(24)17-18-10-13-20(34-5)14-11-18;1-12-10-22-11-16(13(12)2)14-7-8-17-15(9-14)20(26-25-17)21-23-18-5-3-4-6-19(18)24-21;2*1-5-3-9-4-7(8)6(5)2;1-4-5(7)2-9-3-6(4)8;/h4-16H,17H2,1-3H3,(H,31,32);6-16H,17H2,1-5H3,(H,30,31);3-11H,1-2H3,(H,23,24)(H,25,26);2*3-4H,1-2H3;2-3H,1H3;1H4. The molecule has 125 heavy (non-hydrogen) atoms. The van der Waals surface area contributed by atoms with Gasteiger partial charge in [-0.05, 0) is 323 Å². The maximum atomic E-state index is 6.33. The maximum Gasteiger partial charge on any atom is 0.494 e. The third-order valence-corrected chi connectivity index (χ3v) is 26.1. The van der Waals surface area contributed by atoms with E-state index in [-0.39, 0.29) is 7.43 Å². The highest BCUT2D eigenvalue weighted by Crippen LogP contribution is 2.40. The van der Waals surface area contributed by atoms with Gasteiger partial charge in [-0.1, -0.05) is 92.4 Å². The van der Waals surface area contributed by atoms with Gasteiger partial charge in [0.15, 0.2) is 17.5 Å². The molecule has 0 aliphatic carbocycles. The van der Waals surface area contributed by atoms with Crippen LogP contribution >= 0.6 is 63.7 Å². The fraction of sp³-hybridized carbons (Fsp3) is 0.202. The Morgan fingerprint density at radius 3 is 1.14 bits per heavy atom. The van der Waals surface area contributed by atoms with Crippen molar-refractivity contribution < 1.29 is 18.8 Å². The van der Waals surface area contributed by atoms with Crippen molar-refractivity contribution in [2.75, 3.05) is 14.2 Å². The van der Waals surface area contributed by atoms with Crippen LogP contribution in [0.2, 0.25) is 0 Å². The van der Waals surface area contributed by atoms with Crippen molar-refractivity contribution in [3.63, 3.8) is 0 Å². The minimum Gasteiger partial charge on any atom is -0.497 e. The van der Waals surface area contributed by atoms with Crippen molar-refractivity contribution in [3.05, 3.63) is 317 Å². The summed E-state index contributed by atoms with van der Waals surface area (Å²) in [5.74, 6) is 3.95. The highest BCUT2D eigenvalue weighted by Gasteiger charge is 2.52. The fourth-order valence-corrected chi connectivity index (χ4v) is 15.9. The van der Waals surface area contributed by atoms with E-state index in [1.54, 1.807) is 26.6 Å². The van der Waals surface area contributed by atoms with Crippen molar-refractivity contribution in [3.8, 4) is 68.3 Å². The molecule has 26 heteroatoms. The van der Waals surface area contributed by atoms with Crippen molar-refractivity contribution in [2.45, 2.75) is 122 Å². The first-order valence-corrected chi connectivity index (χ1v) is 43.6. The topological polar surface area (TPSA) is 252 Å². The minimum absolute atomic E-state index is 0. The first-order chi connectivity index (χ1) is 59.7. The summed E-state index contributed by atoms with van der Waals surface area (Å²) in [4.78, 5) is 45.4. The van der Waals surface area contributed by atoms with Crippen LogP contribution in [0.15, 0.2) is 256 Å². The molecule has 19 aromatic rings.